The number of nitrogens with zero attached hydrogens (tertiary/aromatic N) is 1. The quantitative estimate of drug-likeness (QED) is 0.929. The van der Waals surface area contributed by atoms with E-state index in [1.807, 2.05) is 35.2 Å². The van der Waals surface area contributed by atoms with E-state index in [4.69, 9.17) is 4.74 Å². The fraction of sp³-hybridized carbons (Fsp3) is 0.556. The summed E-state index contributed by atoms with van der Waals surface area (Å²) in [6.45, 7) is 2.86. The lowest BCUT2D eigenvalue weighted by Crippen LogP contribution is -2.64. The number of carbonyl (C=O) groups is 2. The highest BCUT2D eigenvalue weighted by atomic mass is 16.5. The van der Waals surface area contributed by atoms with Crippen LogP contribution in [0.15, 0.2) is 30.3 Å². The van der Waals surface area contributed by atoms with Gasteiger partial charge in [-0.15, -0.1) is 0 Å². The number of fused-ring (bicyclic) bond motifs is 1. The highest BCUT2D eigenvalue weighted by Gasteiger charge is 2.44. The van der Waals surface area contributed by atoms with Crippen molar-refractivity contribution in [3.05, 3.63) is 30.3 Å². The minimum atomic E-state index is -0.311. The number of ether oxygens (including phenoxy) is 1. The van der Waals surface area contributed by atoms with E-state index in [-0.39, 0.29) is 30.0 Å². The van der Waals surface area contributed by atoms with Crippen molar-refractivity contribution in [2.75, 3.05) is 13.2 Å². The number of likely N-dealkylation sites (tertiary alicyclic amines) is 1. The van der Waals surface area contributed by atoms with Gasteiger partial charge in [0.05, 0.1) is 11.6 Å². The topological polar surface area (TPSA) is 58.6 Å². The SMILES string of the molecule is C[C@]12CCCN(C(=O)COc3ccccc3)[C@H]1CCCC(=O)N2. The molecule has 0 aromatic heterocycles. The van der Waals surface area contributed by atoms with Crippen LogP contribution in [0.5, 0.6) is 5.75 Å². The Morgan fingerprint density at radius 3 is 2.91 bits per heavy atom. The molecule has 3 rings (SSSR count). The Morgan fingerprint density at radius 1 is 1.35 bits per heavy atom. The molecule has 0 aliphatic carbocycles. The first-order valence-electron chi connectivity index (χ1n) is 8.37. The molecule has 124 valence electrons. The summed E-state index contributed by atoms with van der Waals surface area (Å²) in [7, 11) is 0. The predicted octanol–water partition coefficient (Wildman–Crippen LogP) is 2.12. The molecule has 2 heterocycles. The molecule has 1 aromatic carbocycles. The van der Waals surface area contributed by atoms with Crippen molar-refractivity contribution < 1.29 is 14.3 Å². The summed E-state index contributed by atoms with van der Waals surface area (Å²) in [5.74, 6) is 0.806. The molecule has 2 fully saturated rings. The number of carbonyl (C=O) groups excluding carboxylic acids is 2. The molecule has 0 radical (unpaired) electrons. The first-order chi connectivity index (χ1) is 11.1. The maximum Gasteiger partial charge on any atom is 0.260 e. The van der Waals surface area contributed by atoms with Gasteiger partial charge in [-0.2, -0.15) is 0 Å². The van der Waals surface area contributed by atoms with E-state index in [9.17, 15) is 9.59 Å². The lowest BCUT2D eigenvalue weighted by atomic mass is 9.81. The Bertz CT molecular complexity index is 575. The minimum Gasteiger partial charge on any atom is -0.484 e. The largest absolute Gasteiger partial charge is 0.484 e. The number of amides is 2. The van der Waals surface area contributed by atoms with Crippen molar-refractivity contribution in [2.45, 2.75) is 50.6 Å². The molecule has 2 atom stereocenters. The molecule has 0 unspecified atom stereocenters. The van der Waals surface area contributed by atoms with Gasteiger partial charge in [-0.25, -0.2) is 0 Å². The molecule has 1 N–H and O–H groups in total. The van der Waals surface area contributed by atoms with Crippen molar-refractivity contribution in [3.8, 4) is 5.75 Å². The number of nitrogens with one attached hydrogen (secondary N) is 1. The van der Waals surface area contributed by atoms with Crippen LogP contribution in [0.4, 0.5) is 0 Å². The zero-order valence-electron chi connectivity index (χ0n) is 13.6. The van der Waals surface area contributed by atoms with Crippen LogP contribution in [0.1, 0.15) is 39.0 Å². The van der Waals surface area contributed by atoms with E-state index in [2.05, 4.69) is 12.2 Å². The van der Waals surface area contributed by atoms with Gasteiger partial charge in [0.2, 0.25) is 5.91 Å². The van der Waals surface area contributed by atoms with E-state index in [0.717, 1.165) is 32.2 Å². The average Bonchev–Trinajstić information content (AvgIpc) is 2.70. The molecular weight excluding hydrogens is 292 g/mol. The van der Waals surface area contributed by atoms with Gasteiger partial charge in [-0.05, 0) is 44.7 Å². The van der Waals surface area contributed by atoms with Crippen molar-refractivity contribution in [1.82, 2.24) is 10.2 Å². The van der Waals surface area contributed by atoms with E-state index < -0.39 is 0 Å². The summed E-state index contributed by atoms with van der Waals surface area (Å²) in [5, 5.41) is 3.14. The molecule has 23 heavy (non-hydrogen) atoms. The van der Waals surface area contributed by atoms with Gasteiger partial charge in [-0.1, -0.05) is 18.2 Å². The van der Waals surface area contributed by atoms with E-state index in [1.54, 1.807) is 0 Å². The summed E-state index contributed by atoms with van der Waals surface area (Å²) in [5.41, 5.74) is -0.311. The average molecular weight is 316 g/mol. The molecule has 0 saturated carbocycles. The summed E-state index contributed by atoms with van der Waals surface area (Å²) in [4.78, 5) is 26.5. The zero-order chi connectivity index (χ0) is 16.3. The minimum absolute atomic E-state index is 0.000858. The predicted molar refractivity (Wildman–Crippen MR) is 87.1 cm³/mol. The second-order valence-electron chi connectivity index (χ2n) is 6.67. The molecule has 2 amide bonds. The first-order valence-corrected chi connectivity index (χ1v) is 8.37. The molecule has 2 aliphatic rings. The lowest BCUT2D eigenvalue weighted by molar-refractivity contribution is -0.141. The van der Waals surface area contributed by atoms with Gasteiger partial charge in [0.1, 0.15) is 5.75 Å². The second-order valence-corrected chi connectivity index (χ2v) is 6.67. The fourth-order valence-electron chi connectivity index (χ4n) is 3.78. The lowest BCUT2D eigenvalue weighted by Gasteiger charge is -2.47. The third-order valence-electron chi connectivity index (χ3n) is 4.94. The van der Waals surface area contributed by atoms with Gasteiger partial charge in [0.25, 0.3) is 5.91 Å². The van der Waals surface area contributed by atoms with Crippen LogP contribution in [0.2, 0.25) is 0 Å². The monoisotopic (exact) mass is 316 g/mol. The van der Waals surface area contributed by atoms with Gasteiger partial charge >= 0.3 is 0 Å². The van der Waals surface area contributed by atoms with Crippen molar-refractivity contribution in [2.24, 2.45) is 0 Å². The fourth-order valence-corrected chi connectivity index (χ4v) is 3.78. The zero-order valence-corrected chi connectivity index (χ0v) is 13.6. The van der Waals surface area contributed by atoms with Crippen molar-refractivity contribution in [3.63, 3.8) is 0 Å². The van der Waals surface area contributed by atoms with Gasteiger partial charge in [0.15, 0.2) is 6.61 Å². The standard InChI is InChI=1S/C18H24N2O3/c1-18-11-6-12-20(15(18)9-5-10-16(21)19-18)17(22)13-23-14-7-3-2-4-8-14/h2-4,7-8,15H,5-6,9-13H2,1H3,(H,19,21)/t15-,18-/m0/s1. The molecule has 0 spiro atoms. The number of piperidine rings is 1. The van der Waals surface area contributed by atoms with Gasteiger partial charge < -0.3 is 15.0 Å². The Balaban J connectivity index is 1.68. The smallest absolute Gasteiger partial charge is 0.260 e. The highest BCUT2D eigenvalue weighted by Crippen LogP contribution is 2.33. The molecular formula is C18H24N2O3. The van der Waals surface area contributed by atoms with Crippen LogP contribution in [-0.4, -0.2) is 41.4 Å². The first kappa shape index (κ1) is 15.8. The molecule has 5 nitrogen and oxygen atoms in total. The summed E-state index contributed by atoms with van der Waals surface area (Å²) < 4.78 is 5.61. The number of rotatable bonds is 3. The maximum atomic E-state index is 12.7. The molecule has 5 heteroatoms. The summed E-state index contributed by atoms with van der Waals surface area (Å²) in [6, 6.07) is 9.45. The van der Waals surface area contributed by atoms with Gasteiger partial charge in [0, 0.05) is 13.0 Å². The maximum absolute atomic E-state index is 12.7. The van der Waals surface area contributed by atoms with E-state index in [1.165, 1.54) is 0 Å². The Morgan fingerprint density at radius 2 is 2.13 bits per heavy atom. The second kappa shape index (κ2) is 6.60. The molecule has 2 saturated heterocycles. The van der Waals surface area contributed by atoms with Gasteiger partial charge in [-0.3, -0.25) is 9.59 Å². The molecule has 0 bridgehead atoms. The van der Waals surface area contributed by atoms with Crippen LogP contribution in [0, 0.1) is 0 Å². The summed E-state index contributed by atoms with van der Waals surface area (Å²) >= 11 is 0. The Labute approximate surface area is 137 Å². The van der Waals surface area contributed by atoms with Crippen LogP contribution < -0.4 is 10.1 Å². The number of hydrogen-bond donors (Lipinski definition) is 1. The number of hydrogen-bond acceptors (Lipinski definition) is 3. The van der Waals surface area contributed by atoms with Crippen molar-refractivity contribution >= 4 is 11.8 Å². The van der Waals surface area contributed by atoms with Crippen LogP contribution in [-0.2, 0) is 9.59 Å². The normalized spacial score (nSPS) is 27.6. The highest BCUT2D eigenvalue weighted by molar-refractivity contribution is 5.80. The molecule has 2 aliphatic heterocycles. The number of para-hydroxylation sites is 1. The third kappa shape index (κ3) is 3.49. The van der Waals surface area contributed by atoms with Crippen LogP contribution in [0.25, 0.3) is 0 Å². The van der Waals surface area contributed by atoms with E-state index in [0.29, 0.717) is 12.2 Å². The van der Waals surface area contributed by atoms with Crippen LogP contribution in [0.3, 0.4) is 0 Å². The molecule has 1 aromatic rings. The Hall–Kier alpha value is -2.04. The Kier molecular flexibility index (Phi) is 4.55. The number of benzene rings is 1. The van der Waals surface area contributed by atoms with Crippen molar-refractivity contribution in [1.29, 1.82) is 0 Å². The third-order valence-corrected chi connectivity index (χ3v) is 4.94. The van der Waals surface area contributed by atoms with E-state index >= 15 is 0 Å². The van der Waals surface area contributed by atoms with Crippen LogP contribution >= 0.6 is 0 Å². The summed E-state index contributed by atoms with van der Waals surface area (Å²) in [6.07, 6.45) is 4.08.